The summed E-state index contributed by atoms with van der Waals surface area (Å²) in [4.78, 5) is 32.0. The fourth-order valence-corrected chi connectivity index (χ4v) is 2.68. The summed E-state index contributed by atoms with van der Waals surface area (Å²) in [6, 6.07) is 12.2. The molecule has 6 nitrogen and oxygen atoms in total. The van der Waals surface area contributed by atoms with Crippen LogP contribution >= 0.6 is 0 Å². The highest BCUT2D eigenvalue weighted by molar-refractivity contribution is 6.02. The van der Waals surface area contributed by atoms with E-state index in [4.69, 9.17) is 0 Å². The molecule has 3 amide bonds. The Balaban J connectivity index is 1.67. The van der Waals surface area contributed by atoms with Gasteiger partial charge in [-0.15, -0.1) is 0 Å². The summed E-state index contributed by atoms with van der Waals surface area (Å²) in [5.41, 5.74) is 1.52. The van der Waals surface area contributed by atoms with Gasteiger partial charge in [-0.3, -0.25) is 9.78 Å². The second-order valence-electron chi connectivity index (χ2n) is 5.41. The standard InChI is InChI=1S/C17H18N4O2/c1-20(17(23)19-13-7-10-18-11-8-13)15-9-12-21(16(15)22)14-5-3-2-4-6-14/h2-8,10-11,15H,9,12H2,1H3,(H,18,19,23)/t15-/m1/s1. The van der Waals surface area contributed by atoms with Gasteiger partial charge in [0.05, 0.1) is 0 Å². The molecule has 1 aromatic heterocycles. The lowest BCUT2D eigenvalue weighted by Crippen LogP contribution is -2.44. The molecule has 0 bridgehead atoms. The summed E-state index contributed by atoms with van der Waals surface area (Å²) < 4.78 is 0. The second kappa shape index (κ2) is 6.48. The van der Waals surface area contributed by atoms with E-state index in [-0.39, 0.29) is 11.9 Å². The van der Waals surface area contributed by atoms with Gasteiger partial charge in [-0.1, -0.05) is 18.2 Å². The first-order valence-corrected chi connectivity index (χ1v) is 7.47. The Morgan fingerprint density at radius 2 is 1.91 bits per heavy atom. The summed E-state index contributed by atoms with van der Waals surface area (Å²) in [6.07, 6.45) is 3.83. The number of carbonyl (C=O) groups excluding carboxylic acids is 2. The van der Waals surface area contributed by atoms with Crippen LogP contribution in [-0.4, -0.2) is 41.5 Å². The van der Waals surface area contributed by atoms with Crippen molar-refractivity contribution in [2.45, 2.75) is 12.5 Å². The fourth-order valence-electron chi connectivity index (χ4n) is 2.68. The molecule has 1 aromatic carbocycles. The van der Waals surface area contributed by atoms with Gasteiger partial charge in [0.2, 0.25) is 5.91 Å². The summed E-state index contributed by atoms with van der Waals surface area (Å²) in [7, 11) is 1.65. The van der Waals surface area contributed by atoms with Crippen molar-refractivity contribution in [3.63, 3.8) is 0 Å². The zero-order chi connectivity index (χ0) is 16.2. The quantitative estimate of drug-likeness (QED) is 0.946. The topological polar surface area (TPSA) is 65.5 Å². The molecule has 0 saturated carbocycles. The largest absolute Gasteiger partial charge is 0.322 e. The molecule has 1 N–H and O–H groups in total. The minimum Gasteiger partial charge on any atom is -0.315 e. The maximum Gasteiger partial charge on any atom is 0.322 e. The van der Waals surface area contributed by atoms with Crippen LogP contribution in [0.4, 0.5) is 16.2 Å². The number of benzene rings is 1. The molecule has 1 aliphatic rings. The van der Waals surface area contributed by atoms with Crippen molar-refractivity contribution in [2.75, 3.05) is 23.8 Å². The highest BCUT2D eigenvalue weighted by atomic mass is 16.2. The highest BCUT2D eigenvalue weighted by Gasteiger charge is 2.37. The van der Waals surface area contributed by atoms with Crippen molar-refractivity contribution in [3.8, 4) is 0 Å². The number of anilines is 2. The predicted octanol–water partition coefficient (Wildman–Crippen LogP) is 2.35. The van der Waals surface area contributed by atoms with Gasteiger partial charge < -0.3 is 15.1 Å². The minimum absolute atomic E-state index is 0.0522. The number of aromatic nitrogens is 1. The van der Waals surface area contributed by atoms with Crippen LogP contribution in [0.1, 0.15) is 6.42 Å². The molecule has 0 aliphatic carbocycles. The Bertz CT molecular complexity index is 690. The maximum atomic E-state index is 12.6. The number of hydrogen-bond donors (Lipinski definition) is 1. The Kier molecular flexibility index (Phi) is 4.23. The molecule has 0 radical (unpaired) electrons. The van der Waals surface area contributed by atoms with Gasteiger partial charge in [-0.2, -0.15) is 0 Å². The van der Waals surface area contributed by atoms with E-state index in [1.807, 2.05) is 30.3 Å². The number of amides is 3. The molecule has 1 saturated heterocycles. The second-order valence-corrected chi connectivity index (χ2v) is 5.41. The van der Waals surface area contributed by atoms with Gasteiger partial charge in [0.25, 0.3) is 0 Å². The Hall–Kier alpha value is -2.89. The molecule has 0 unspecified atom stereocenters. The molecule has 1 fully saturated rings. The first kappa shape index (κ1) is 15.0. The number of rotatable bonds is 3. The smallest absolute Gasteiger partial charge is 0.315 e. The van der Waals surface area contributed by atoms with E-state index < -0.39 is 6.04 Å². The van der Waals surface area contributed by atoms with Crippen molar-refractivity contribution in [1.29, 1.82) is 0 Å². The lowest BCUT2D eigenvalue weighted by Gasteiger charge is -2.24. The highest BCUT2D eigenvalue weighted by Crippen LogP contribution is 2.24. The minimum atomic E-state index is -0.447. The van der Waals surface area contributed by atoms with Crippen LogP contribution in [0, 0.1) is 0 Å². The molecule has 23 heavy (non-hydrogen) atoms. The first-order chi connectivity index (χ1) is 11.2. The molecular formula is C17H18N4O2. The first-order valence-electron chi connectivity index (χ1n) is 7.47. The summed E-state index contributed by atoms with van der Waals surface area (Å²) >= 11 is 0. The lowest BCUT2D eigenvalue weighted by molar-refractivity contribution is -0.120. The summed E-state index contributed by atoms with van der Waals surface area (Å²) in [5.74, 6) is -0.0522. The Morgan fingerprint density at radius 1 is 1.22 bits per heavy atom. The monoisotopic (exact) mass is 310 g/mol. The van der Waals surface area contributed by atoms with Crippen molar-refractivity contribution in [3.05, 3.63) is 54.9 Å². The molecule has 2 aromatic rings. The van der Waals surface area contributed by atoms with Crippen molar-refractivity contribution >= 4 is 23.3 Å². The van der Waals surface area contributed by atoms with Crippen LogP contribution in [0.2, 0.25) is 0 Å². The number of urea groups is 1. The van der Waals surface area contributed by atoms with Crippen molar-refractivity contribution < 1.29 is 9.59 Å². The third kappa shape index (κ3) is 3.15. The zero-order valence-electron chi connectivity index (χ0n) is 12.8. The predicted molar refractivity (Wildman–Crippen MR) is 88.2 cm³/mol. The number of hydrogen-bond acceptors (Lipinski definition) is 3. The average molecular weight is 310 g/mol. The zero-order valence-corrected chi connectivity index (χ0v) is 12.8. The van der Waals surface area contributed by atoms with Crippen LogP contribution in [0.25, 0.3) is 0 Å². The van der Waals surface area contributed by atoms with Crippen LogP contribution in [0.3, 0.4) is 0 Å². The van der Waals surface area contributed by atoms with E-state index in [2.05, 4.69) is 10.3 Å². The number of nitrogens with one attached hydrogen (secondary N) is 1. The van der Waals surface area contributed by atoms with Crippen LogP contribution in [0.5, 0.6) is 0 Å². The van der Waals surface area contributed by atoms with E-state index >= 15 is 0 Å². The number of pyridine rings is 1. The van der Waals surface area contributed by atoms with Gasteiger partial charge in [-0.25, -0.2) is 4.79 Å². The molecule has 1 atom stereocenters. The summed E-state index contributed by atoms with van der Waals surface area (Å²) in [6.45, 7) is 0.611. The van der Waals surface area contributed by atoms with E-state index in [1.165, 1.54) is 4.90 Å². The lowest BCUT2D eigenvalue weighted by atomic mass is 10.2. The van der Waals surface area contributed by atoms with Crippen LogP contribution in [0.15, 0.2) is 54.9 Å². The third-order valence-corrected chi connectivity index (χ3v) is 3.96. The normalized spacial score (nSPS) is 17.2. The number of para-hydroxylation sites is 1. The SMILES string of the molecule is CN(C(=O)Nc1ccncc1)[C@@H]1CCN(c2ccccc2)C1=O. The van der Waals surface area contributed by atoms with Gasteiger partial charge in [-0.05, 0) is 30.7 Å². The Morgan fingerprint density at radius 3 is 2.61 bits per heavy atom. The molecule has 118 valence electrons. The molecule has 2 heterocycles. The number of nitrogens with zero attached hydrogens (tertiary/aromatic N) is 3. The molecule has 0 spiro atoms. The molecule has 3 rings (SSSR count). The van der Waals surface area contributed by atoms with E-state index in [9.17, 15) is 9.59 Å². The number of carbonyl (C=O) groups is 2. The fraction of sp³-hybridized carbons (Fsp3) is 0.235. The maximum absolute atomic E-state index is 12.6. The molecule has 6 heteroatoms. The average Bonchev–Trinajstić information content (AvgIpc) is 2.97. The van der Waals surface area contributed by atoms with Crippen LogP contribution < -0.4 is 10.2 Å². The van der Waals surface area contributed by atoms with Gasteiger partial charge in [0, 0.05) is 37.4 Å². The van der Waals surface area contributed by atoms with E-state index in [1.54, 1.807) is 36.5 Å². The van der Waals surface area contributed by atoms with Crippen molar-refractivity contribution in [2.24, 2.45) is 0 Å². The third-order valence-electron chi connectivity index (χ3n) is 3.96. The van der Waals surface area contributed by atoms with E-state index in [0.29, 0.717) is 18.7 Å². The number of likely N-dealkylation sites (N-methyl/N-ethyl adjacent to an activating group) is 1. The van der Waals surface area contributed by atoms with Crippen LogP contribution in [-0.2, 0) is 4.79 Å². The Labute approximate surface area is 134 Å². The summed E-state index contributed by atoms with van der Waals surface area (Å²) in [5, 5.41) is 2.77. The molecule has 1 aliphatic heterocycles. The van der Waals surface area contributed by atoms with Crippen molar-refractivity contribution in [1.82, 2.24) is 9.88 Å². The van der Waals surface area contributed by atoms with Gasteiger partial charge in [0.1, 0.15) is 6.04 Å². The van der Waals surface area contributed by atoms with Gasteiger partial charge >= 0.3 is 6.03 Å². The van der Waals surface area contributed by atoms with E-state index in [0.717, 1.165) is 5.69 Å². The van der Waals surface area contributed by atoms with Gasteiger partial charge in [0.15, 0.2) is 0 Å². The molecular weight excluding hydrogens is 292 g/mol.